The largest absolute Gasteiger partial charge is 0.425 e. The molecule has 0 aliphatic rings. The van der Waals surface area contributed by atoms with E-state index in [-0.39, 0.29) is 5.76 Å². The summed E-state index contributed by atoms with van der Waals surface area (Å²) in [5, 5.41) is 8.15. The Balaban J connectivity index is 3.41. The summed E-state index contributed by atoms with van der Waals surface area (Å²) >= 11 is 0. The van der Waals surface area contributed by atoms with Gasteiger partial charge < -0.3 is 5.11 Å². The van der Waals surface area contributed by atoms with E-state index in [0.717, 1.165) is 6.08 Å². The molecule has 6 heavy (non-hydrogen) atoms. The predicted molar refractivity (Wildman–Crippen MR) is 22.1 cm³/mol. The zero-order valence-electron chi connectivity index (χ0n) is 3.43. The summed E-state index contributed by atoms with van der Waals surface area (Å²) in [7, 11) is 0. The molecule has 0 aliphatic carbocycles. The summed E-state index contributed by atoms with van der Waals surface area (Å²) in [5.74, 6) is -0.00926. The van der Waals surface area contributed by atoms with Crippen molar-refractivity contribution in [1.82, 2.24) is 0 Å². The second-order valence-electron chi connectivity index (χ2n) is 0.904. The minimum absolute atomic E-state index is 0.00926. The molecule has 0 aromatic heterocycles. The Kier molecular flexibility index (Phi) is 2.02. The number of hydrogen-bond donors (Lipinski definition) is 1. The molecule has 2 nitrogen and oxygen atoms in total. The first-order chi connectivity index (χ1) is 2.77. The number of aliphatic hydroxyl groups is 1. The molecule has 0 saturated heterocycles. The maximum atomic E-state index is 9.25. The zero-order chi connectivity index (χ0) is 4.99. The van der Waals surface area contributed by atoms with Gasteiger partial charge in [0, 0.05) is 0 Å². The number of carbonyl (C=O) groups excluding carboxylic acids is 1. The summed E-state index contributed by atoms with van der Waals surface area (Å²) in [5.41, 5.74) is 0. The summed E-state index contributed by atoms with van der Waals surface area (Å²) < 4.78 is 0. The molecule has 0 radical (unpaired) electrons. The standard InChI is InChI=1S/C4H4O2/c1-4(6)2-3-5/h2H,1H3/p+1. The van der Waals surface area contributed by atoms with Gasteiger partial charge in [-0.1, -0.05) is 4.79 Å². The molecule has 0 spiro atoms. The molecule has 0 heterocycles. The molecule has 0 aliphatic heterocycles. The maximum Gasteiger partial charge on any atom is 0.360 e. The molecule has 0 saturated carbocycles. The third kappa shape index (κ3) is 3.12. The van der Waals surface area contributed by atoms with Crippen LogP contribution in [-0.2, 0) is 4.79 Å². The van der Waals surface area contributed by atoms with Gasteiger partial charge in [-0.05, 0) is 0 Å². The van der Waals surface area contributed by atoms with Crippen LogP contribution in [0.5, 0.6) is 0 Å². The average Bonchev–Trinajstić information content (AvgIpc) is 1.35. The number of rotatable bonds is 1. The van der Waals surface area contributed by atoms with Crippen molar-refractivity contribution in [3.8, 4) is 0 Å². The molecular weight excluding hydrogens is 80.0 g/mol. The third-order valence-electron chi connectivity index (χ3n) is 0.268. The molecule has 0 amide bonds. The first kappa shape index (κ1) is 5.12. The first-order valence-electron chi connectivity index (χ1n) is 1.51. The minimum Gasteiger partial charge on any atom is -0.425 e. The van der Waals surface area contributed by atoms with E-state index >= 15 is 0 Å². The molecule has 0 aromatic carbocycles. The van der Waals surface area contributed by atoms with Gasteiger partial charge in [-0.25, -0.2) is 0 Å². The molecule has 0 bridgehead atoms. The topological polar surface area (TPSA) is 37.3 Å². The van der Waals surface area contributed by atoms with Crippen molar-refractivity contribution in [2.24, 2.45) is 0 Å². The molecule has 0 aromatic rings. The SMILES string of the molecule is C/C(O)=C/[C+]=O. The van der Waals surface area contributed by atoms with Gasteiger partial charge in [-0.3, -0.25) is 0 Å². The van der Waals surface area contributed by atoms with Gasteiger partial charge in [-0.2, -0.15) is 0 Å². The Morgan fingerprint density at radius 2 is 2.50 bits per heavy atom. The fraction of sp³-hybridized carbons (Fsp3) is 0.250. The van der Waals surface area contributed by atoms with Crippen LogP contribution in [0.1, 0.15) is 6.92 Å². The van der Waals surface area contributed by atoms with Crippen LogP contribution in [0.4, 0.5) is 0 Å². The fourth-order valence-corrected chi connectivity index (χ4v) is 0.0853. The van der Waals surface area contributed by atoms with E-state index in [2.05, 4.69) is 0 Å². The smallest absolute Gasteiger partial charge is 0.360 e. The average molecular weight is 85.1 g/mol. The number of allylic oxidation sites excluding steroid dienone is 2. The zero-order valence-corrected chi connectivity index (χ0v) is 3.43. The Morgan fingerprint density at radius 3 is 2.50 bits per heavy atom. The van der Waals surface area contributed by atoms with Gasteiger partial charge in [0.15, 0.2) is 0 Å². The van der Waals surface area contributed by atoms with Crippen LogP contribution in [-0.4, -0.2) is 11.4 Å². The van der Waals surface area contributed by atoms with Gasteiger partial charge in [0.25, 0.3) is 0 Å². The van der Waals surface area contributed by atoms with Gasteiger partial charge in [-0.15, -0.1) is 0 Å². The predicted octanol–water partition coefficient (Wildman–Crippen LogP) is 0.558. The fourth-order valence-electron chi connectivity index (χ4n) is 0.0853. The molecule has 0 fully saturated rings. The Labute approximate surface area is 36.1 Å². The summed E-state index contributed by atoms with van der Waals surface area (Å²) in [6.45, 7) is 1.41. The van der Waals surface area contributed by atoms with Crippen molar-refractivity contribution in [2.45, 2.75) is 6.92 Å². The molecular formula is C4H5O2+. The lowest BCUT2D eigenvalue weighted by Crippen LogP contribution is -1.67. The maximum absolute atomic E-state index is 9.25. The molecule has 1 N–H and O–H groups in total. The van der Waals surface area contributed by atoms with E-state index in [1.54, 1.807) is 0 Å². The van der Waals surface area contributed by atoms with Crippen LogP contribution in [0.25, 0.3) is 0 Å². The van der Waals surface area contributed by atoms with E-state index in [1.165, 1.54) is 13.2 Å². The molecule has 0 rings (SSSR count). The second-order valence-corrected chi connectivity index (χ2v) is 0.904. The lowest BCUT2D eigenvalue weighted by Gasteiger charge is -1.61. The van der Waals surface area contributed by atoms with Gasteiger partial charge >= 0.3 is 6.29 Å². The van der Waals surface area contributed by atoms with Gasteiger partial charge in [0.2, 0.25) is 11.8 Å². The van der Waals surface area contributed by atoms with Gasteiger partial charge in [0.05, 0.1) is 6.92 Å². The number of aliphatic hydroxyl groups excluding tert-OH is 1. The van der Waals surface area contributed by atoms with E-state index < -0.39 is 0 Å². The van der Waals surface area contributed by atoms with Crippen LogP contribution in [0, 0.1) is 0 Å². The molecule has 0 unspecified atom stereocenters. The lowest BCUT2D eigenvalue weighted by atomic mass is 10.5. The Bertz CT molecular complexity index is 69.6. The second kappa shape index (κ2) is 2.36. The lowest BCUT2D eigenvalue weighted by molar-refractivity contribution is 0.414. The molecule has 32 valence electrons. The van der Waals surface area contributed by atoms with Crippen molar-refractivity contribution in [3.05, 3.63) is 11.8 Å². The highest BCUT2D eigenvalue weighted by Gasteiger charge is 1.86. The molecule has 0 atom stereocenters. The van der Waals surface area contributed by atoms with E-state index in [4.69, 9.17) is 5.11 Å². The third-order valence-corrected chi connectivity index (χ3v) is 0.268. The monoisotopic (exact) mass is 85.0 g/mol. The highest BCUT2D eigenvalue weighted by atomic mass is 16.3. The normalized spacial score (nSPS) is 10.5. The highest BCUT2D eigenvalue weighted by Crippen LogP contribution is 1.75. The van der Waals surface area contributed by atoms with Crippen LogP contribution < -0.4 is 0 Å². The number of hydrogen-bond acceptors (Lipinski definition) is 2. The Morgan fingerprint density at radius 1 is 2.00 bits per heavy atom. The quantitative estimate of drug-likeness (QED) is 0.287. The van der Waals surface area contributed by atoms with Gasteiger partial charge in [0.1, 0.15) is 0 Å². The van der Waals surface area contributed by atoms with Crippen molar-refractivity contribution in [1.29, 1.82) is 0 Å². The van der Waals surface area contributed by atoms with E-state index in [0.29, 0.717) is 0 Å². The van der Waals surface area contributed by atoms with E-state index in [1.807, 2.05) is 0 Å². The van der Waals surface area contributed by atoms with Crippen LogP contribution in [0.15, 0.2) is 11.8 Å². The highest BCUT2D eigenvalue weighted by molar-refractivity contribution is 5.65. The van der Waals surface area contributed by atoms with E-state index in [9.17, 15) is 4.79 Å². The van der Waals surface area contributed by atoms with Crippen molar-refractivity contribution < 1.29 is 9.90 Å². The Hall–Kier alpha value is -0.880. The summed E-state index contributed by atoms with van der Waals surface area (Å²) in [6.07, 6.45) is 2.36. The van der Waals surface area contributed by atoms with Crippen LogP contribution >= 0.6 is 0 Å². The minimum atomic E-state index is -0.00926. The first-order valence-corrected chi connectivity index (χ1v) is 1.51. The molecule has 2 heteroatoms. The van der Waals surface area contributed by atoms with Crippen molar-refractivity contribution in [2.75, 3.05) is 0 Å². The summed E-state index contributed by atoms with van der Waals surface area (Å²) in [6, 6.07) is 0. The van der Waals surface area contributed by atoms with Crippen molar-refractivity contribution >= 4 is 6.29 Å². The van der Waals surface area contributed by atoms with Crippen LogP contribution in [0.3, 0.4) is 0 Å². The van der Waals surface area contributed by atoms with Crippen molar-refractivity contribution in [3.63, 3.8) is 0 Å². The van der Waals surface area contributed by atoms with Crippen LogP contribution in [0.2, 0.25) is 0 Å². The summed E-state index contributed by atoms with van der Waals surface area (Å²) in [4.78, 5) is 9.25.